The Morgan fingerprint density at radius 3 is 2.57 bits per heavy atom. The first-order valence-corrected chi connectivity index (χ1v) is 7.24. The van der Waals surface area contributed by atoms with Crippen LogP contribution in [0.25, 0.3) is 0 Å². The van der Waals surface area contributed by atoms with Gasteiger partial charge in [-0.15, -0.1) is 0 Å². The number of hydrogen-bond acceptors (Lipinski definition) is 3. The van der Waals surface area contributed by atoms with E-state index in [4.69, 9.17) is 11.1 Å². The van der Waals surface area contributed by atoms with Crippen LogP contribution in [0.2, 0.25) is 0 Å². The molecule has 110 valence electrons. The van der Waals surface area contributed by atoms with Gasteiger partial charge in [-0.3, -0.25) is 5.41 Å². The van der Waals surface area contributed by atoms with Crippen molar-refractivity contribution >= 4 is 33.5 Å². The molecule has 0 saturated heterocycles. The normalized spacial score (nSPS) is 11.4. The van der Waals surface area contributed by atoms with Crippen LogP contribution >= 0.6 is 27.7 Å². The largest absolute Gasteiger partial charge is 0.417 e. The van der Waals surface area contributed by atoms with Gasteiger partial charge in [0.1, 0.15) is 10.9 Å². The summed E-state index contributed by atoms with van der Waals surface area (Å²) in [5.74, 6) is -0.613. The smallest absolute Gasteiger partial charge is 0.384 e. The van der Waals surface area contributed by atoms with Crippen LogP contribution in [0.15, 0.2) is 50.9 Å². The number of nitrogen functional groups attached to an aromatic ring is 1. The molecule has 0 radical (unpaired) electrons. The monoisotopic (exact) mass is 375 g/mol. The third-order valence-corrected chi connectivity index (χ3v) is 4.44. The highest BCUT2D eigenvalue weighted by Gasteiger charge is 2.34. The van der Waals surface area contributed by atoms with Gasteiger partial charge < -0.3 is 5.73 Å². The molecule has 2 aromatic rings. The van der Waals surface area contributed by atoms with E-state index in [1.165, 1.54) is 12.1 Å². The SMILES string of the molecule is N=C(N)c1ccc(Sc2ncccc2Br)cc1C(F)(F)F. The van der Waals surface area contributed by atoms with Crippen LogP contribution in [0.4, 0.5) is 13.2 Å². The van der Waals surface area contributed by atoms with E-state index in [9.17, 15) is 13.2 Å². The molecule has 0 aliphatic carbocycles. The van der Waals surface area contributed by atoms with E-state index in [1.807, 2.05) is 0 Å². The first-order valence-electron chi connectivity index (χ1n) is 5.63. The molecule has 1 aromatic carbocycles. The molecular formula is C13H9BrF3N3S. The predicted molar refractivity (Wildman–Crippen MR) is 78.5 cm³/mol. The molecule has 0 aliphatic rings. The van der Waals surface area contributed by atoms with Crippen molar-refractivity contribution in [1.29, 1.82) is 5.41 Å². The molecule has 2 rings (SSSR count). The molecule has 3 N–H and O–H groups in total. The van der Waals surface area contributed by atoms with Crippen molar-refractivity contribution in [3.63, 3.8) is 0 Å². The van der Waals surface area contributed by atoms with Crippen LogP contribution in [-0.4, -0.2) is 10.8 Å². The summed E-state index contributed by atoms with van der Waals surface area (Å²) in [6.45, 7) is 0. The number of nitrogens with one attached hydrogen (secondary N) is 1. The van der Waals surface area contributed by atoms with Crippen LogP contribution in [0.5, 0.6) is 0 Å². The summed E-state index contributed by atoms with van der Waals surface area (Å²) in [5, 5.41) is 7.79. The maximum Gasteiger partial charge on any atom is 0.417 e. The lowest BCUT2D eigenvalue weighted by Gasteiger charge is -2.13. The molecule has 1 heterocycles. The Labute approximate surface area is 131 Å². The van der Waals surface area contributed by atoms with Gasteiger partial charge >= 0.3 is 6.18 Å². The topological polar surface area (TPSA) is 62.8 Å². The van der Waals surface area contributed by atoms with Gasteiger partial charge in [0.05, 0.1) is 10.0 Å². The number of halogens is 4. The molecule has 0 aliphatic heterocycles. The van der Waals surface area contributed by atoms with Crippen LogP contribution in [0.3, 0.4) is 0 Å². The van der Waals surface area contributed by atoms with Gasteiger partial charge in [-0.1, -0.05) is 11.8 Å². The summed E-state index contributed by atoms with van der Waals surface area (Å²) in [7, 11) is 0. The molecule has 0 bridgehead atoms. The van der Waals surface area contributed by atoms with Crippen molar-refractivity contribution in [1.82, 2.24) is 4.98 Å². The summed E-state index contributed by atoms with van der Waals surface area (Å²) >= 11 is 4.39. The summed E-state index contributed by atoms with van der Waals surface area (Å²) < 4.78 is 39.8. The summed E-state index contributed by atoms with van der Waals surface area (Å²) in [6.07, 6.45) is -3.01. The second-order valence-electron chi connectivity index (χ2n) is 4.01. The fraction of sp³-hybridized carbons (Fsp3) is 0.0769. The number of rotatable bonds is 3. The van der Waals surface area contributed by atoms with E-state index in [0.29, 0.717) is 14.4 Å². The number of benzene rings is 1. The number of aromatic nitrogens is 1. The molecule has 1 aromatic heterocycles. The summed E-state index contributed by atoms with van der Waals surface area (Å²) in [5.41, 5.74) is 3.94. The van der Waals surface area contributed by atoms with E-state index in [2.05, 4.69) is 20.9 Å². The minimum absolute atomic E-state index is 0.327. The molecule has 21 heavy (non-hydrogen) atoms. The first-order chi connectivity index (χ1) is 9.79. The second-order valence-corrected chi connectivity index (χ2v) is 5.93. The Hall–Kier alpha value is -1.54. The highest BCUT2D eigenvalue weighted by Crippen LogP contribution is 2.37. The highest BCUT2D eigenvalue weighted by molar-refractivity contribution is 9.10. The fourth-order valence-electron chi connectivity index (χ4n) is 1.61. The Morgan fingerprint density at radius 2 is 2.00 bits per heavy atom. The third kappa shape index (κ3) is 3.76. The maximum atomic E-state index is 13.0. The van der Waals surface area contributed by atoms with Gasteiger partial charge in [-0.2, -0.15) is 13.2 Å². The molecule has 0 spiro atoms. The zero-order valence-corrected chi connectivity index (χ0v) is 12.8. The summed E-state index contributed by atoms with van der Waals surface area (Å²) in [6, 6.07) is 7.13. The molecule has 3 nitrogen and oxygen atoms in total. The van der Waals surface area contributed by atoms with Gasteiger partial charge in [0.25, 0.3) is 0 Å². The van der Waals surface area contributed by atoms with Crippen molar-refractivity contribution in [2.45, 2.75) is 16.1 Å². The Morgan fingerprint density at radius 1 is 1.29 bits per heavy atom. The molecule has 0 fully saturated rings. The van der Waals surface area contributed by atoms with E-state index < -0.39 is 17.6 Å². The van der Waals surface area contributed by atoms with Gasteiger partial charge in [-0.25, -0.2) is 4.98 Å². The van der Waals surface area contributed by atoms with E-state index in [1.54, 1.807) is 18.3 Å². The van der Waals surface area contributed by atoms with Gasteiger partial charge in [0.15, 0.2) is 0 Å². The van der Waals surface area contributed by atoms with Crippen molar-refractivity contribution in [2.24, 2.45) is 5.73 Å². The Balaban J connectivity index is 2.43. The van der Waals surface area contributed by atoms with Crippen molar-refractivity contribution in [3.8, 4) is 0 Å². The summed E-state index contributed by atoms with van der Waals surface area (Å²) in [4.78, 5) is 4.46. The maximum absolute atomic E-state index is 13.0. The second kappa shape index (κ2) is 6.07. The molecular weight excluding hydrogens is 367 g/mol. The zero-order valence-electron chi connectivity index (χ0n) is 10.4. The van der Waals surface area contributed by atoms with Crippen LogP contribution in [0.1, 0.15) is 11.1 Å². The average Bonchev–Trinajstić information content (AvgIpc) is 2.40. The molecule has 0 saturated carbocycles. The lowest BCUT2D eigenvalue weighted by atomic mass is 10.1. The molecule has 0 amide bonds. The van der Waals surface area contributed by atoms with Crippen molar-refractivity contribution in [3.05, 3.63) is 52.1 Å². The number of pyridine rings is 1. The van der Waals surface area contributed by atoms with E-state index >= 15 is 0 Å². The molecule has 8 heteroatoms. The minimum Gasteiger partial charge on any atom is -0.384 e. The minimum atomic E-state index is -4.57. The van der Waals surface area contributed by atoms with Crippen LogP contribution in [-0.2, 0) is 6.18 Å². The van der Waals surface area contributed by atoms with Crippen molar-refractivity contribution in [2.75, 3.05) is 0 Å². The number of amidine groups is 1. The van der Waals surface area contributed by atoms with E-state index in [0.717, 1.165) is 17.8 Å². The van der Waals surface area contributed by atoms with Crippen LogP contribution < -0.4 is 5.73 Å². The van der Waals surface area contributed by atoms with E-state index in [-0.39, 0.29) is 5.56 Å². The standard InChI is InChI=1S/C13H9BrF3N3S/c14-10-2-1-5-20-12(10)21-7-3-4-8(11(18)19)9(6-7)13(15,16)17/h1-6H,(H3,18,19). The number of alkyl halides is 3. The predicted octanol–water partition coefficient (Wildman–Crippen LogP) is 4.30. The van der Waals surface area contributed by atoms with Gasteiger partial charge in [0.2, 0.25) is 0 Å². The number of nitrogens with two attached hydrogens (primary N) is 1. The van der Waals surface area contributed by atoms with Crippen molar-refractivity contribution < 1.29 is 13.2 Å². The van der Waals surface area contributed by atoms with Gasteiger partial charge in [0, 0.05) is 16.7 Å². The number of nitrogens with zero attached hydrogens (tertiary/aromatic N) is 1. The van der Waals surface area contributed by atoms with Crippen LogP contribution in [0, 0.1) is 5.41 Å². The molecule has 0 atom stereocenters. The molecule has 0 unspecified atom stereocenters. The lowest BCUT2D eigenvalue weighted by molar-refractivity contribution is -0.137. The average molecular weight is 376 g/mol. The Kier molecular flexibility index (Phi) is 4.58. The highest BCUT2D eigenvalue weighted by atomic mass is 79.9. The lowest BCUT2D eigenvalue weighted by Crippen LogP contribution is -2.18. The number of hydrogen-bond donors (Lipinski definition) is 2. The van der Waals surface area contributed by atoms with Gasteiger partial charge in [-0.05, 0) is 46.3 Å². The fourth-order valence-corrected chi connectivity index (χ4v) is 2.93. The Bertz CT molecular complexity index is 689. The zero-order chi connectivity index (χ0) is 15.6. The first kappa shape index (κ1) is 15.8. The quantitative estimate of drug-likeness (QED) is 0.620. The third-order valence-electron chi connectivity index (χ3n) is 2.53.